The van der Waals surface area contributed by atoms with E-state index in [2.05, 4.69) is 4.74 Å². The van der Waals surface area contributed by atoms with Crippen LogP contribution in [0.5, 0.6) is 5.75 Å². The molecule has 0 aliphatic rings. The van der Waals surface area contributed by atoms with Gasteiger partial charge in [0, 0.05) is 5.56 Å². The number of ether oxygens (including phenoxy) is 1. The first-order valence-electron chi connectivity index (χ1n) is 6.71. The first-order chi connectivity index (χ1) is 10.5. The number of aromatic hydroxyl groups is 1. The Morgan fingerprint density at radius 3 is 2.41 bits per heavy atom. The maximum atomic E-state index is 12.3. The lowest BCUT2D eigenvalue weighted by molar-refractivity contribution is 0.0597. The summed E-state index contributed by atoms with van der Waals surface area (Å²) in [5.74, 6) is -0.713. The molecule has 0 amide bonds. The minimum absolute atomic E-state index is 0.141. The number of hydrogen-bond donors (Lipinski definition) is 1. The van der Waals surface area contributed by atoms with E-state index in [4.69, 9.17) is 0 Å². The Bertz CT molecular complexity index is 724. The van der Waals surface area contributed by atoms with E-state index in [0.29, 0.717) is 5.56 Å². The number of benzene rings is 2. The Labute approximate surface area is 128 Å². The fourth-order valence-electron chi connectivity index (χ4n) is 2.14. The van der Waals surface area contributed by atoms with Crippen LogP contribution in [0, 0.1) is 6.92 Å². The van der Waals surface area contributed by atoms with Crippen LogP contribution in [0.15, 0.2) is 48.5 Å². The van der Waals surface area contributed by atoms with Crippen LogP contribution in [0.4, 0.5) is 0 Å². The van der Waals surface area contributed by atoms with Crippen molar-refractivity contribution < 1.29 is 19.4 Å². The highest BCUT2D eigenvalue weighted by molar-refractivity contribution is 6.12. The quantitative estimate of drug-likeness (QED) is 0.533. The van der Waals surface area contributed by atoms with Crippen molar-refractivity contribution in [1.82, 2.24) is 0 Å². The fraction of sp³-hybridized carbons (Fsp3) is 0.111. The largest absolute Gasteiger partial charge is 0.508 e. The van der Waals surface area contributed by atoms with Crippen LogP contribution in [0.1, 0.15) is 31.8 Å². The number of methoxy groups -OCH3 is 1. The summed E-state index contributed by atoms with van der Waals surface area (Å²) < 4.78 is 4.67. The number of phenolic OH excluding ortho intramolecular Hbond substituents is 1. The number of rotatable bonds is 4. The summed E-state index contributed by atoms with van der Waals surface area (Å²) in [5.41, 5.74) is 2.11. The number of carbonyl (C=O) groups excluding carboxylic acids is 2. The van der Waals surface area contributed by atoms with Gasteiger partial charge in [-0.05, 0) is 42.3 Å². The van der Waals surface area contributed by atoms with Gasteiger partial charge < -0.3 is 9.84 Å². The summed E-state index contributed by atoms with van der Waals surface area (Å²) in [6.07, 6.45) is 2.97. The van der Waals surface area contributed by atoms with Crippen LogP contribution in [-0.4, -0.2) is 24.0 Å². The van der Waals surface area contributed by atoms with Gasteiger partial charge in [0.1, 0.15) is 5.75 Å². The van der Waals surface area contributed by atoms with Crippen molar-refractivity contribution in [3.05, 3.63) is 70.8 Å². The minimum atomic E-state index is -0.550. The lowest BCUT2D eigenvalue weighted by Gasteiger charge is -2.04. The number of esters is 1. The molecule has 0 heterocycles. The highest BCUT2D eigenvalue weighted by Gasteiger charge is 2.14. The second kappa shape index (κ2) is 6.72. The third kappa shape index (κ3) is 3.61. The van der Waals surface area contributed by atoms with Crippen molar-refractivity contribution in [3.8, 4) is 5.75 Å². The third-order valence-corrected chi connectivity index (χ3v) is 3.11. The first kappa shape index (κ1) is 15.5. The van der Waals surface area contributed by atoms with E-state index in [9.17, 15) is 14.7 Å². The van der Waals surface area contributed by atoms with Gasteiger partial charge >= 0.3 is 5.97 Å². The molecule has 0 spiro atoms. The molecule has 22 heavy (non-hydrogen) atoms. The average molecular weight is 296 g/mol. The van der Waals surface area contributed by atoms with Crippen LogP contribution >= 0.6 is 0 Å². The zero-order chi connectivity index (χ0) is 16.1. The van der Waals surface area contributed by atoms with Gasteiger partial charge in [-0.3, -0.25) is 4.79 Å². The molecule has 0 radical (unpaired) electrons. The SMILES string of the molecule is COC(=O)c1ccccc1C(=O)/C=C/c1cc(C)cc(O)c1. The van der Waals surface area contributed by atoms with E-state index in [-0.39, 0.29) is 22.7 Å². The van der Waals surface area contributed by atoms with E-state index in [0.717, 1.165) is 5.56 Å². The smallest absolute Gasteiger partial charge is 0.338 e. The molecule has 2 aromatic carbocycles. The predicted molar refractivity (Wildman–Crippen MR) is 84.0 cm³/mol. The van der Waals surface area contributed by atoms with Gasteiger partial charge in [0.25, 0.3) is 0 Å². The van der Waals surface area contributed by atoms with Gasteiger partial charge in [0.15, 0.2) is 5.78 Å². The molecule has 1 N–H and O–H groups in total. The van der Waals surface area contributed by atoms with Crippen molar-refractivity contribution in [2.45, 2.75) is 6.92 Å². The number of allylic oxidation sites excluding steroid dienone is 1. The van der Waals surface area contributed by atoms with E-state index in [1.165, 1.54) is 13.2 Å². The summed E-state index contributed by atoms with van der Waals surface area (Å²) >= 11 is 0. The molecule has 0 saturated carbocycles. The van der Waals surface area contributed by atoms with Crippen molar-refractivity contribution in [3.63, 3.8) is 0 Å². The Morgan fingerprint density at radius 1 is 1.09 bits per heavy atom. The molecule has 112 valence electrons. The topological polar surface area (TPSA) is 63.6 Å². The van der Waals surface area contributed by atoms with Gasteiger partial charge in [0.05, 0.1) is 12.7 Å². The van der Waals surface area contributed by atoms with Crippen molar-refractivity contribution >= 4 is 17.8 Å². The van der Waals surface area contributed by atoms with Crippen LogP contribution in [-0.2, 0) is 4.74 Å². The third-order valence-electron chi connectivity index (χ3n) is 3.11. The molecular formula is C18H16O4. The zero-order valence-electron chi connectivity index (χ0n) is 12.4. The van der Waals surface area contributed by atoms with Gasteiger partial charge in [-0.2, -0.15) is 0 Å². The molecule has 0 saturated heterocycles. The van der Waals surface area contributed by atoms with Gasteiger partial charge in [-0.15, -0.1) is 0 Å². The molecule has 0 bridgehead atoms. The van der Waals surface area contributed by atoms with E-state index in [1.807, 2.05) is 13.0 Å². The summed E-state index contributed by atoms with van der Waals surface area (Å²) in [6, 6.07) is 11.5. The second-order valence-electron chi connectivity index (χ2n) is 4.84. The number of phenols is 1. The summed E-state index contributed by atoms with van der Waals surface area (Å²) in [5, 5.41) is 9.54. The number of hydrogen-bond acceptors (Lipinski definition) is 4. The fourth-order valence-corrected chi connectivity index (χ4v) is 2.14. The normalized spacial score (nSPS) is 10.6. The molecule has 0 aromatic heterocycles. The molecule has 4 nitrogen and oxygen atoms in total. The monoisotopic (exact) mass is 296 g/mol. The van der Waals surface area contributed by atoms with Crippen molar-refractivity contribution in [1.29, 1.82) is 0 Å². The molecule has 0 unspecified atom stereocenters. The number of carbonyl (C=O) groups is 2. The van der Waals surface area contributed by atoms with E-state index < -0.39 is 5.97 Å². The highest BCUT2D eigenvalue weighted by Crippen LogP contribution is 2.17. The molecule has 2 rings (SSSR count). The van der Waals surface area contributed by atoms with E-state index >= 15 is 0 Å². The lowest BCUT2D eigenvalue weighted by Crippen LogP contribution is -2.08. The molecule has 0 fully saturated rings. The second-order valence-corrected chi connectivity index (χ2v) is 4.84. The van der Waals surface area contributed by atoms with Gasteiger partial charge in [0.2, 0.25) is 0 Å². The molecule has 0 aliphatic carbocycles. The standard InChI is InChI=1S/C18H16O4/c1-12-9-13(11-14(19)10-12)7-8-17(20)15-5-3-4-6-16(15)18(21)22-2/h3-11,19H,1-2H3/b8-7+. The van der Waals surface area contributed by atoms with Gasteiger partial charge in [-0.25, -0.2) is 4.79 Å². The zero-order valence-corrected chi connectivity index (χ0v) is 12.4. The molecule has 4 heteroatoms. The van der Waals surface area contributed by atoms with Crippen LogP contribution in [0.3, 0.4) is 0 Å². The van der Waals surface area contributed by atoms with Gasteiger partial charge in [-0.1, -0.05) is 30.3 Å². The number of ketones is 1. The van der Waals surface area contributed by atoms with Crippen molar-refractivity contribution in [2.24, 2.45) is 0 Å². The predicted octanol–water partition coefficient (Wildman–Crippen LogP) is 3.38. The van der Waals surface area contributed by atoms with E-state index in [1.54, 1.807) is 42.5 Å². The van der Waals surface area contributed by atoms with Crippen LogP contribution in [0.2, 0.25) is 0 Å². The number of aryl methyl sites for hydroxylation is 1. The molecular weight excluding hydrogens is 280 g/mol. The molecule has 0 aliphatic heterocycles. The highest BCUT2D eigenvalue weighted by atomic mass is 16.5. The first-order valence-corrected chi connectivity index (χ1v) is 6.71. The lowest BCUT2D eigenvalue weighted by atomic mass is 10.0. The maximum absolute atomic E-state index is 12.3. The minimum Gasteiger partial charge on any atom is -0.508 e. The summed E-state index contributed by atoms with van der Waals surface area (Å²) in [7, 11) is 1.27. The Hall–Kier alpha value is -2.88. The Balaban J connectivity index is 2.29. The van der Waals surface area contributed by atoms with Crippen LogP contribution < -0.4 is 0 Å². The summed E-state index contributed by atoms with van der Waals surface area (Å²) in [4.78, 5) is 23.9. The Kier molecular flexibility index (Phi) is 4.73. The average Bonchev–Trinajstić information content (AvgIpc) is 2.51. The summed E-state index contributed by atoms with van der Waals surface area (Å²) in [6.45, 7) is 1.85. The molecule has 2 aromatic rings. The Morgan fingerprint density at radius 2 is 1.77 bits per heavy atom. The maximum Gasteiger partial charge on any atom is 0.338 e. The van der Waals surface area contributed by atoms with Crippen molar-refractivity contribution in [2.75, 3.05) is 7.11 Å². The molecule has 0 atom stereocenters. The van der Waals surface area contributed by atoms with Crippen LogP contribution in [0.25, 0.3) is 6.08 Å².